The van der Waals surface area contributed by atoms with Gasteiger partial charge in [-0.1, -0.05) is 78.0 Å². The summed E-state index contributed by atoms with van der Waals surface area (Å²) in [4.78, 5) is 0.349. The largest absolute Gasteiger partial charge is 0.468 e. The first kappa shape index (κ1) is 28.9. The van der Waals surface area contributed by atoms with Gasteiger partial charge in [0.15, 0.2) is 24.9 Å². The van der Waals surface area contributed by atoms with Gasteiger partial charge in [-0.2, -0.15) is 0 Å². The van der Waals surface area contributed by atoms with Crippen LogP contribution in [0.1, 0.15) is 48.0 Å². The molecule has 0 N–H and O–H groups in total. The highest BCUT2D eigenvalue weighted by atomic mass is 32.2. The highest BCUT2D eigenvalue weighted by Crippen LogP contribution is 2.50. The van der Waals surface area contributed by atoms with E-state index >= 15 is 0 Å². The van der Waals surface area contributed by atoms with Crippen molar-refractivity contribution in [2.75, 3.05) is 13.9 Å². The fourth-order valence-corrected chi connectivity index (χ4v) is 8.46. The lowest BCUT2D eigenvalue weighted by atomic mass is 9.66. The third-order valence-electron chi connectivity index (χ3n) is 8.24. The van der Waals surface area contributed by atoms with E-state index < -0.39 is 34.2 Å². The summed E-state index contributed by atoms with van der Waals surface area (Å²) < 4.78 is 46.3. The second-order valence-electron chi connectivity index (χ2n) is 12.6. The molecule has 0 spiro atoms. The molecular formula is C29H44O5SSi. The molecule has 7 heteroatoms. The van der Waals surface area contributed by atoms with Gasteiger partial charge >= 0.3 is 0 Å². The zero-order valence-electron chi connectivity index (χ0n) is 23.4. The molecule has 0 saturated heterocycles. The van der Waals surface area contributed by atoms with Crippen LogP contribution < -0.4 is 0 Å². The molecule has 5 nitrogen and oxygen atoms in total. The predicted molar refractivity (Wildman–Crippen MR) is 149 cm³/mol. The van der Waals surface area contributed by atoms with Crippen molar-refractivity contribution < 1.29 is 22.3 Å². The first-order chi connectivity index (χ1) is 16.5. The first-order valence-electron chi connectivity index (χ1n) is 12.7. The summed E-state index contributed by atoms with van der Waals surface area (Å²) in [5, 5.41) is -0.621. The predicted octanol–water partition coefficient (Wildman–Crippen LogP) is 6.90. The van der Waals surface area contributed by atoms with Crippen molar-refractivity contribution >= 4 is 18.2 Å². The van der Waals surface area contributed by atoms with Gasteiger partial charge in [-0.15, -0.1) is 0 Å². The van der Waals surface area contributed by atoms with Crippen LogP contribution in [0.3, 0.4) is 0 Å². The molecule has 200 valence electrons. The Morgan fingerprint density at radius 2 is 1.69 bits per heavy atom. The molecule has 3 rings (SSSR count). The van der Waals surface area contributed by atoms with Gasteiger partial charge < -0.3 is 13.9 Å². The van der Waals surface area contributed by atoms with Gasteiger partial charge in [0, 0.05) is 18.4 Å². The fraction of sp³-hybridized carbons (Fsp3) is 0.586. The molecular weight excluding hydrogens is 488 g/mol. The maximum Gasteiger partial charge on any atom is 0.192 e. The Labute approximate surface area is 219 Å². The van der Waals surface area contributed by atoms with Crippen LogP contribution in [-0.2, 0) is 23.7 Å². The number of benzene rings is 1. The van der Waals surface area contributed by atoms with Gasteiger partial charge in [0.1, 0.15) is 5.76 Å². The lowest BCUT2D eigenvalue weighted by molar-refractivity contribution is 0.00788. The monoisotopic (exact) mass is 532 g/mol. The Hall–Kier alpha value is -1.67. The van der Waals surface area contributed by atoms with E-state index in [1.54, 1.807) is 31.4 Å². The highest BCUT2D eigenvalue weighted by molar-refractivity contribution is 7.92. The molecule has 4 atom stereocenters. The van der Waals surface area contributed by atoms with Crippen LogP contribution >= 0.6 is 0 Å². The Morgan fingerprint density at radius 1 is 1.06 bits per heavy atom. The van der Waals surface area contributed by atoms with E-state index in [2.05, 4.69) is 72.9 Å². The number of fused-ring (bicyclic) bond motifs is 1. The fourth-order valence-electron chi connectivity index (χ4n) is 4.78. The van der Waals surface area contributed by atoms with E-state index in [0.29, 0.717) is 17.1 Å². The molecule has 1 aromatic rings. The number of hydrogen-bond donors (Lipinski definition) is 0. The topological polar surface area (TPSA) is 61.8 Å². The Morgan fingerprint density at radius 3 is 2.28 bits per heavy atom. The lowest BCUT2D eigenvalue weighted by Gasteiger charge is -2.48. The highest BCUT2D eigenvalue weighted by Gasteiger charge is 2.50. The van der Waals surface area contributed by atoms with Crippen LogP contribution in [-0.4, -0.2) is 42.0 Å². The normalized spacial score (nSPS) is 28.6. The molecule has 0 radical (unpaired) electrons. The van der Waals surface area contributed by atoms with E-state index in [-0.39, 0.29) is 23.9 Å². The van der Waals surface area contributed by atoms with Crippen LogP contribution in [0.2, 0.25) is 18.1 Å². The van der Waals surface area contributed by atoms with Crippen LogP contribution in [0.25, 0.3) is 0 Å². The van der Waals surface area contributed by atoms with Gasteiger partial charge in [-0.3, -0.25) is 0 Å². The summed E-state index contributed by atoms with van der Waals surface area (Å²) in [5.74, 6) is 0.317. The van der Waals surface area contributed by atoms with Crippen LogP contribution in [0, 0.1) is 16.7 Å². The number of rotatable bonds is 7. The minimum atomic E-state index is -3.66. The van der Waals surface area contributed by atoms with E-state index in [4.69, 9.17) is 13.9 Å². The van der Waals surface area contributed by atoms with Crippen molar-refractivity contribution in [3.8, 4) is 0 Å². The average molecular weight is 533 g/mol. The molecule has 2 aliphatic carbocycles. The number of ether oxygens (including phenoxy) is 2. The molecule has 0 saturated carbocycles. The van der Waals surface area contributed by atoms with Crippen LogP contribution in [0.15, 0.2) is 71.4 Å². The van der Waals surface area contributed by atoms with Crippen LogP contribution in [0.5, 0.6) is 0 Å². The third-order valence-corrected chi connectivity index (χ3v) is 14.9. The van der Waals surface area contributed by atoms with E-state index in [0.717, 1.165) is 0 Å². The lowest BCUT2D eigenvalue weighted by Crippen LogP contribution is -2.51. The molecule has 0 aliphatic heterocycles. The minimum absolute atomic E-state index is 0.0440. The van der Waals surface area contributed by atoms with Crippen molar-refractivity contribution in [1.29, 1.82) is 0 Å². The number of hydrogen-bond acceptors (Lipinski definition) is 5. The van der Waals surface area contributed by atoms with Gasteiger partial charge in [0.2, 0.25) is 0 Å². The van der Waals surface area contributed by atoms with E-state index in [9.17, 15) is 8.42 Å². The minimum Gasteiger partial charge on any atom is -0.468 e. The standard InChI is InChI=1S/C29H44O5SSi/c1-27(2,3)36(8,9)34-26-16-18-29(6)17-15-22(33-21-32-7)19-24(29)25(20-28(26,4)5)35(30,31)23-13-11-10-12-14-23/h10-19,24-26H,20-21H2,1-9H3/t24-,25-,26+,29+/m1/s1. The van der Waals surface area contributed by atoms with Crippen molar-refractivity contribution in [2.24, 2.45) is 16.7 Å². The summed E-state index contributed by atoms with van der Waals surface area (Å²) in [6.45, 7) is 17.7. The third kappa shape index (κ3) is 5.90. The molecule has 1 aromatic carbocycles. The maximum absolute atomic E-state index is 14.2. The summed E-state index contributed by atoms with van der Waals surface area (Å²) in [7, 11) is -4.20. The second kappa shape index (κ2) is 10.2. The quantitative estimate of drug-likeness (QED) is 0.217. The summed E-state index contributed by atoms with van der Waals surface area (Å²) in [5.41, 5.74) is -0.930. The molecule has 0 heterocycles. The smallest absolute Gasteiger partial charge is 0.192 e. The zero-order chi connectivity index (χ0) is 27.0. The number of methoxy groups -OCH3 is 1. The molecule has 0 amide bonds. The Kier molecular flexibility index (Phi) is 8.22. The Bertz CT molecular complexity index is 1110. The zero-order valence-corrected chi connectivity index (χ0v) is 25.2. The molecule has 36 heavy (non-hydrogen) atoms. The van der Waals surface area contributed by atoms with Crippen molar-refractivity contribution in [3.63, 3.8) is 0 Å². The first-order valence-corrected chi connectivity index (χ1v) is 17.2. The van der Waals surface area contributed by atoms with Crippen molar-refractivity contribution in [3.05, 3.63) is 66.5 Å². The van der Waals surface area contributed by atoms with Crippen LogP contribution in [0.4, 0.5) is 0 Å². The molecule has 2 aliphatic rings. The summed E-state index contributed by atoms with van der Waals surface area (Å²) in [6, 6.07) is 8.81. The Balaban J connectivity index is 2.16. The van der Waals surface area contributed by atoms with Gasteiger partial charge in [-0.25, -0.2) is 8.42 Å². The van der Waals surface area contributed by atoms with Gasteiger partial charge in [0.05, 0.1) is 16.2 Å². The van der Waals surface area contributed by atoms with E-state index in [1.807, 2.05) is 18.2 Å². The summed E-state index contributed by atoms with van der Waals surface area (Å²) >= 11 is 0. The van der Waals surface area contributed by atoms with Gasteiger partial charge in [-0.05, 0) is 54.3 Å². The van der Waals surface area contributed by atoms with Gasteiger partial charge in [0.25, 0.3) is 0 Å². The molecule has 0 bridgehead atoms. The van der Waals surface area contributed by atoms with Crippen molar-refractivity contribution in [2.45, 2.75) is 82.3 Å². The maximum atomic E-state index is 14.2. The SMILES string of the molecule is COCOC1=C[C@@H]2[C@H](S(=O)(=O)c3ccccc3)CC(C)(C)[C@@H](O[Si](C)(C)C(C)(C)C)C=C[C@]2(C)C=C1. The molecule has 0 aromatic heterocycles. The van der Waals surface area contributed by atoms with E-state index in [1.165, 1.54) is 0 Å². The number of sulfone groups is 1. The molecule has 0 unspecified atom stereocenters. The second-order valence-corrected chi connectivity index (χ2v) is 19.5. The average Bonchev–Trinajstić information content (AvgIpc) is 2.79. The van der Waals surface area contributed by atoms with Crippen molar-refractivity contribution in [1.82, 2.24) is 0 Å². The molecule has 0 fully saturated rings. The summed E-state index contributed by atoms with van der Waals surface area (Å²) in [6.07, 6.45) is 10.5. The number of allylic oxidation sites excluding steroid dienone is 4.